The van der Waals surface area contributed by atoms with Gasteiger partial charge in [-0.25, -0.2) is 19.0 Å². The van der Waals surface area contributed by atoms with Gasteiger partial charge in [-0.1, -0.05) is 18.2 Å². The first-order chi connectivity index (χ1) is 20.1. The molecule has 0 spiro atoms. The Labute approximate surface area is 243 Å². The quantitative estimate of drug-likeness (QED) is 0.245. The third-order valence-electron chi connectivity index (χ3n) is 7.72. The van der Waals surface area contributed by atoms with Crippen molar-refractivity contribution < 1.29 is 13.9 Å². The molecule has 1 saturated heterocycles. The summed E-state index contributed by atoms with van der Waals surface area (Å²) in [5.74, 6) is 0.243. The fourth-order valence-corrected chi connectivity index (χ4v) is 4.95. The van der Waals surface area contributed by atoms with Gasteiger partial charge in [0.05, 0.1) is 11.4 Å². The van der Waals surface area contributed by atoms with Crippen LogP contribution in [0.3, 0.4) is 0 Å². The zero-order valence-corrected chi connectivity index (χ0v) is 24.1. The van der Waals surface area contributed by atoms with Gasteiger partial charge in [-0.15, -0.1) is 0 Å². The molecule has 2 N–H and O–H groups in total. The fourth-order valence-electron chi connectivity index (χ4n) is 4.95. The van der Waals surface area contributed by atoms with Gasteiger partial charge < -0.3 is 20.3 Å². The van der Waals surface area contributed by atoms with Crippen LogP contribution in [-0.2, 0) is 4.79 Å². The van der Waals surface area contributed by atoms with Crippen LogP contribution in [0.4, 0.5) is 10.2 Å². The van der Waals surface area contributed by atoms with Crippen molar-refractivity contribution in [3.8, 4) is 28.8 Å². The number of likely N-dealkylation sites (N-methyl/N-ethyl adjacent to an activating group) is 1. The number of likely N-dealkylation sites (tertiary alicyclic amines) is 1. The SMILES string of the molecule is CN(C)C(C)(C)C=C(C#N)C(=O)N1CCC[C@H](n2nc(-c3ccc(Oc4ccccc4)cc3F)c3c(N)ncnc32)C1. The summed E-state index contributed by atoms with van der Waals surface area (Å²) in [6.07, 6.45) is 4.45. The van der Waals surface area contributed by atoms with Crippen LogP contribution < -0.4 is 10.5 Å². The fraction of sp³-hybridized carbons (Fsp3) is 0.323. The van der Waals surface area contributed by atoms with E-state index in [9.17, 15) is 10.1 Å². The number of ether oxygens (including phenoxy) is 1. The number of aromatic nitrogens is 4. The Morgan fingerprint density at radius 3 is 2.64 bits per heavy atom. The molecule has 1 aliphatic heterocycles. The Kier molecular flexibility index (Phi) is 7.91. The van der Waals surface area contributed by atoms with Gasteiger partial charge in [0.25, 0.3) is 5.91 Å². The maximum absolute atomic E-state index is 15.5. The highest BCUT2D eigenvalue weighted by molar-refractivity contribution is 5.99. The van der Waals surface area contributed by atoms with Gasteiger partial charge in [0.1, 0.15) is 46.8 Å². The maximum Gasteiger partial charge on any atom is 0.264 e. The van der Waals surface area contributed by atoms with E-state index in [-0.39, 0.29) is 28.9 Å². The van der Waals surface area contributed by atoms with Crippen molar-refractivity contribution in [3.05, 3.63) is 72.3 Å². The number of hydrogen-bond donors (Lipinski definition) is 1. The Hall–Kier alpha value is -4.82. The van der Waals surface area contributed by atoms with E-state index in [2.05, 4.69) is 16.0 Å². The number of piperidine rings is 1. The molecule has 1 aliphatic rings. The Balaban J connectivity index is 1.48. The van der Waals surface area contributed by atoms with E-state index in [0.717, 1.165) is 0 Å². The molecule has 2 aromatic carbocycles. The predicted molar refractivity (Wildman–Crippen MR) is 158 cm³/mol. The molecule has 1 atom stereocenters. The van der Waals surface area contributed by atoms with Gasteiger partial charge in [0, 0.05) is 30.3 Å². The molecule has 42 heavy (non-hydrogen) atoms. The molecule has 0 saturated carbocycles. The van der Waals surface area contributed by atoms with E-state index in [1.54, 1.807) is 39.9 Å². The van der Waals surface area contributed by atoms with E-state index in [1.807, 2.05) is 51.0 Å². The number of fused-ring (bicyclic) bond motifs is 1. The molecule has 0 unspecified atom stereocenters. The van der Waals surface area contributed by atoms with E-state index in [1.165, 1.54) is 12.4 Å². The average molecular weight is 569 g/mol. The summed E-state index contributed by atoms with van der Waals surface area (Å²) in [6.45, 7) is 4.71. The number of rotatable bonds is 7. The second-order valence-electron chi connectivity index (χ2n) is 11.1. The number of nitrogens with zero attached hydrogens (tertiary/aromatic N) is 7. The summed E-state index contributed by atoms with van der Waals surface area (Å²) in [7, 11) is 3.79. The first kappa shape index (κ1) is 28.7. The number of hydrogen-bond acceptors (Lipinski definition) is 8. The summed E-state index contributed by atoms with van der Waals surface area (Å²) in [5, 5.41) is 15.0. The van der Waals surface area contributed by atoms with Crippen molar-refractivity contribution in [2.75, 3.05) is 32.9 Å². The second kappa shape index (κ2) is 11.6. The Morgan fingerprint density at radius 2 is 1.95 bits per heavy atom. The highest BCUT2D eigenvalue weighted by Crippen LogP contribution is 2.36. The number of nitrogens with two attached hydrogens (primary N) is 1. The summed E-state index contributed by atoms with van der Waals surface area (Å²) in [5.41, 5.74) is 6.86. The lowest BCUT2D eigenvalue weighted by molar-refractivity contribution is -0.128. The van der Waals surface area contributed by atoms with E-state index < -0.39 is 11.4 Å². The van der Waals surface area contributed by atoms with Crippen molar-refractivity contribution in [3.63, 3.8) is 0 Å². The standard InChI is InChI=1S/C31H33FN8O2/c1-31(2,38(3)4)16-20(17-33)30(41)39-14-8-9-21(18-39)40-29-26(28(34)35-19-36-29)27(37-40)24-13-12-23(15-25(24)32)42-22-10-6-5-7-11-22/h5-7,10-13,15-16,19,21H,8-9,14,18H2,1-4H3,(H2,34,35,36)/t21-/m0/s1. The molecule has 0 aliphatic carbocycles. The van der Waals surface area contributed by atoms with Crippen LogP contribution in [0.5, 0.6) is 11.5 Å². The maximum atomic E-state index is 15.5. The molecule has 10 nitrogen and oxygen atoms in total. The van der Waals surface area contributed by atoms with Crippen molar-refractivity contribution in [1.29, 1.82) is 5.26 Å². The number of amides is 1. The summed E-state index contributed by atoms with van der Waals surface area (Å²) in [6, 6.07) is 15.5. The van der Waals surface area contributed by atoms with Crippen LogP contribution in [-0.4, -0.2) is 68.2 Å². The molecular formula is C31H33FN8O2. The zero-order valence-electron chi connectivity index (χ0n) is 24.1. The highest BCUT2D eigenvalue weighted by atomic mass is 19.1. The van der Waals surface area contributed by atoms with E-state index in [4.69, 9.17) is 15.6 Å². The topological polar surface area (TPSA) is 126 Å². The first-order valence-electron chi connectivity index (χ1n) is 13.7. The van der Waals surface area contributed by atoms with Gasteiger partial charge in [0.2, 0.25) is 0 Å². The van der Waals surface area contributed by atoms with Gasteiger partial charge in [-0.2, -0.15) is 10.4 Å². The minimum absolute atomic E-state index is 0.0896. The molecule has 5 rings (SSSR count). The van der Waals surface area contributed by atoms with Gasteiger partial charge in [0.15, 0.2) is 5.65 Å². The summed E-state index contributed by atoms with van der Waals surface area (Å²) in [4.78, 5) is 25.6. The summed E-state index contributed by atoms with van der Waals surface area (Å²) < 4.78 is 23.0. The molecule has 0 radical (unpaired) electrons. The highest BCUT2D eigenvalue weighted by Gasteiger charge is 2.31. The number of carbonyl (C=O) groups excluding carboxylic acids is 1. The Morgan fingerprint density at radius 1 is 1.19 bits per heavy atom. The molecular weight excluding hydrogens is 535 g/mol. The van der Waals surface area contributed by atoms with Crippen LogP contribution in [0, 0.1) is 17.1 Å². The van der Waals surface area contributed by atoms with Crippen LogP contribution >= 0.6 is 0 Å². The normalized spacial score (nSPS) is 16.1. The van der Waals surface area contributed by atoms with Crippen molar-refractivity contribution in [1.82, 2.24) is 29.5 Å². The first-order valence-corrected chi connectivity index (χ1v) is 13.7. The predicted octanol–water partition coefficient (Wildman–Crippen LogP) is 4.96. The molecule has 0 bridgehead atoms. The van der Waals surface area contributed by atoms with Crippen LogP contribution in [0.25, 0.3) is 22.3 Å². The largest absolute Gasteiger partial charge is 0.457 e. The smallest absolute Gasteiger partial charge is 0.264 e. The molecule has 2 aromatic heterocycles. The van der Waals surface area contributed by atoms with E-state index in [0.29, 0.717) is 54.2 Å². The molecule has 216 valence electrons. The molecule has 3 heterocycles. The van der Waals surface area contributed by atoms with Crippen molar-refractivity contribution in [2.45, 2.75) is 38.3 Å². The lowest BCUT2D eigenvalue weighted by Crippen LogP contribution is -2.43. The van der Waals surface area contributed by atoms with Crippen molar-refractivity contribution >= 4 is 22.8 Å². The van der Waals surface area contributed by atoms with E-state index >= 15 is 4.39 Å². The number of halogens is 1. The number of para-hydroxylation sites is 1. The molecule has 1 amide bonds. The minimum atomic E-state index is -0.536. The minimum Gasteiger partial charge on any atom is -0.457 e. The number of benzene rings is 2. The lowest BCUT2D eigenvalue weighted by Gasteiger charge is -2.34. The summed E-state index contributed by atoms with van der Waals surface area (Å²) >= 11 is 0. The number of carbonyl (C=O) groups is 1. The average Bonchev–Trinajstić information content (AvgIpc) is 3.37. The number of nitriles is 1. The van der Waals surface area contributed by atoms with Crippen LogP contribution in [0.1, 0.15) is 32.7 Å². The molecule has 11 heteroatoms. The van der Waals surface area contributed by atoms with Gasteiger partial charge >= 0.3 is 0 Å². The Bertz CT molecular complexity index is 1690. The number of nitrogen functional groups attached to an aromatic ring is 1. The molecule has 1 fully saturated rings. The van der Waals surface area contributed by atoms with Crippen LogP contribution in [0.2, 0.25) is 0 Å². The monoisotopic (exact) mass is 568 g/mol. The van der Waals surface area contributed by atoms with Gasteiger partial charge in [-0.05, 0) is 71.1 Å². The second-order valence-corrected chi connectivity index (χ2v) is 11.1. The zero-order chi connectivity index (χ0) is 30.0. The third-order valence-corrected chi connectivity index (χ3v) is 7.72. The number of anilines is 1. The molecule has 4 aromatic rings. The lowest BCUT2D eigenvalue weighted by atomic mass is 9.98. The van der Waals surface area contributed by atoms with Gasteiger partial charge in [-0.3, -0.25) is 4.79 Å². The van der Waals surface area contributed by atoms with Crippen molar-refractivity contribution in [2.24, 2.45) is 0 Å². The third kappa shape index (κ3) is 5.66. The van der Waals surface area contributed by atoms with Crippen LogP contribution in [0.15, 0.2) is 66.5 Å².